The minimum atomic E-state index is 0.741. The molecule has 16 heavy (non-hydrogen) atoms. The van der Waals surface area contributed by atoms with Gasteiger partial charge in [0.05, 0.1) is 16.2 Å². The Hall–Kier alpha value is -1.14. The molecule has 0 radical (unpaired) electrons. The van der Waals surface area contributed by atoms with Gasteiger partial charge >= 0.3 is 0 Å². The highest BCUT2D eigenvalue weighted by molar-refractivity contribution is 9.10. The summed E-state index contributed by atoms with van der Waals surface area (Å²) in [5, 5.41) is 12.6. The van der Waals surface area contributed by atoms with Gasteiger partial charge in [0.1, 0.15) is 5.52 Å². The maximum Gasteiger partial charge on any atom is 0.192 e. The Labute approximate surface area is 104 Å². The molecule has 0 spiro atoms. The number of halogens is 1. The van der Waals surface area contributed by atoms with E-state index in [1.807, 2.05) is 18.4 Å². The monoisotopic (exact) mass is 294 g/mol. The maximum atomic E-state index is 4.28. The van der Waals surface area contributed by atoms with E-state index in [9.17, 15) is 0 Å². The molecule has 0 aliphatic heterocycles. The van der Waals surface area contributed by atoms with E-state index in [2.05, 4.69) is 37.3 Å². The third kappa shape index (κ3) is 1.41. The Morgan fingerprint density at radius 2 is 2.19 bits per heavy atom. The van der Waals surface area contributed by atoms with Crippen LogP contribution in [0.25, 0.3) is 16.7 Å². The highest BCUT2D eigenvalue weighted by Crippen LogP contribution is 2.23. The predicted molar refractivity (Wildman–Crippen MR) is 67.8 cm³/mol. The van der Waals surface area contributed by atoms with Crippen molar-refractivity contribution >= 4 is 44.4 Å². The number of hydrogen-bond acceptors (Lipinski definition) is 4. The van der Waals surface area contributed by atoms with E-state index < -0.39 is 0 Å². The lowest BCUT2D eigenvalue weighted by Gasteiger charge is -2.01. The van der Waals surface area contributed by atoms with E-state index in [0.717, 1.165) is 21.2 Å². The lowest BCUT2D eigenvalue weighted by Crippen LogP contribution is -1.96. The molecule has 0 bridgehead atoms. The summed E-state index contributed by atoms with van der Waals surface area (Å²) in [6, 6.07) is 6.07. The van der Waals surface area contributed by atoms with Crippen molar-refractivity contribution in [3.8, 4) is 0 Å². The van der Waals surface area contributed by atoms with Crippen molar-refractivity contribution in [1.82, 2.24) is 19.8 Å². The fourth-order valence-electron chi connectivity index (χ4n) is 1.57. The molecule has 2 heterocycles. The molecular formula is C10H7BrN4S. The van der Waals surface area contributed by atoms with Crippen LogP contribution < -0.4 is 0 Å². The van der Waals surface area contributed by atoms with E-state index in [0.29, 0.717) is 0 Å². The summed E-state index contributed by atoms with van der Waals surface area (Å²) in [6.07, 6.45) is 3.78. The van der Waals surface area contributed by atoms with Crippen molar-refractivity contribution in [1.29, 1.82) is 0 Å². The topological polar surface area (TPSA) is 43.1 Å². The third-order valence-electron chi connectivity index (χ3n) is 2.36. The summed E-state index contributed by atoms with van der Waals surface area (Å²) < 4.78 is 2.66. The van der Waals surface area contributed by atoms with Crippen LogP contribution in [-0.2, 0) is 0 Å². The molecule has 6 heteroatoms. The largest absolute Gasteiger partial charge is 0.210 e. The standard InChI is InChI=1S/C10H7BrN4S/c1-16-6-2-3-8-9(4-6)15-10(14-13-8)7(11)5-12-15/h2-5H,1H3. The summed E-state index contributed by atoms with van der Waals surface area (Å²) in [7, 11) is 0. The van der Waals surface area contributed by atoms with E-state index in [1.54, 1.807) is 22.5 Å². The Morgan fingerprint density at radius 1 is 1.31 bits per heavy atom. The third-order valence-corrected chi connectivity index (χ3v) is 3.65. The second-order valence-corrected chi connectivity index (χ2v) is 5.02. The molecule has 0 aliphatic rings. The van der Waals surface area contributed by atoms with Gasteiger partial charge in [-0.05, 0) is 40.4 Å². The number of nitrogens with zero attached hydrogens (tertiary/aromatic N) is 4. The number of hydrogen-bond donors (Lipinski definition) is 0. The zero-order chi connectivity index (χ0) is 11.1. The van der Waals surface area contributed by atoms with Crippen LogP contribution in [0.1, 0.15) is 0 Å². The van der Waals surface area contributed by atoms with Gasteiger partial charge in [0.2, 0.25) is 0 Å². The molecule has 2 aromatic heterocycles. The number of rotatable bonds is 1. The first-order valence-electron chi connectivity index (χ1n) is 4.63. The van der Waals surface area contributed by atoms with Crippen LogP contribution in [0, 0.1) is 0 Å². The Morgan fingerprint density at radius 3 is 3.00 bits per heavy atom. The molecule has 0 aliphatic carbocycles. The van der Waals surface area contributed by atoms with Crippen molar-refractivity contribution in [2.24, 2.45) is 0 Å². The first kappa shape index (κ1) is 10.0. The summed E-state index contributed by atoms with van der Waals surface area (Å²) in [4.78, 5) is 1.19. The Balaban J connectivity index is 2.47. The average Bonchev–Trinajstić information content (AvgIpc) is 2.71. The van der Waals surface area contributed by atoms with Gasteiger partial charge < -0.3 is 0 Å². The SMILES string of the molecule is CSc1ccc2nnc3c(Br)cnn3c2c1. The molecule has 3 aromatic rings. The van der Waals surface area contributed by atoms with E-state index in [-0.39, 0.29) is 0 Å². The first-order valence-corrected chi connectivity index (χ1v) is 6.65. The average molecular weight is 295 g/mol. The molecule has 0 saturated heterocycles. The molecule has 0 unspecified atom stereocenters. The van der Waals surface area contributed by atoms with Gasteiger partial charge in [0, 0.05) is 4.90 Å². The minimum Gasteiger partial charge on any atom is -0.210 e. The van der Waals surface area contributed by atoms with Crippen LogP contribution in [0.5, 0.6) is 0 Å². The lowest BCUT2D eigenvalue weighted by molar-refractivity contribution is 0.940. The highest BCUT2D eigenvalue weighted by atomic mass is 79.9. The summed E-state index contributed by atoms with van der Waals surface area (Å²) in [5.41, 5.74) is 2.56. The summed E-state index contributed by atoms with van der Waals surface area (Å²) >= 11 is 5.10. The van der Waals surface area contributed by atoms with Gasteiger partial charge in [-0.15, -0.1) is 22.0 Å². The number of fused-ring (bicyclic) bond motifs is 3. The molecule has 0 saturated carbocycles. The molecule has 1 aromatic carbocycles. The maximum absolute atomic E-state index is 4.28. The quantitative estimate of drug-likeness (QED) is 0.647. The van der Waals surface area contributed by atoms with Crippen molar-refractivity contribution in [2.45, 2.75) is 4.90 Å². The summed E-state index contributed by atoms with van der Waals surface area (Å²) in [5.74, 6) is 0. The van der Waals surface area contributed by atoms with Gasteiger partial charge in [-0.3, -0.25) is 0 Å². The fraction of sp³-hybridized carbons (Fsp3) is 0.100. The molecule has 0 amide bonds. The Kier molecular flexibility index (Phi) is 2.33. The van der Waals surface area contributed by atoms with Gasteiger partial charge in [0.15, 0.2) is 5.65 Å². The molecule has 3 rings (SSSR count). The zero-order valence-corrected chi connectivity index (χ0v) is 10.8. The first-order chi connectivity index (χ1) is 7.79. The molecule has 4 nitrogen and oxygen atoms in total. The number of thioether (sulfide) groups is 1. The molecule has 0 atom stereocenters. The second kappa shape index (κ2) is 3.71. The van der Waals surface area contributed by atoms with E-state index >= 15 is 0 Å². The van der Waals surface area contributed by atoms with Crippen LogP contribution in [-0.4, -0.2) is 26.1 Å². The minimum absolute atomic E-state index is 0.741. The Bertz CT molecular complexity index is 679. The van der Waals surface area contributed by atoms with Crippen molar-refractivity contribution in [2.75, 3.05) is 6.26 Å². The van der Waals surface area contributed by atoms with Crippen LogP contribution in [0.15, 0.2) is 33.8 Å². The van der Waals surface area contributed by atoms with Gasteiger partial charge in [-0.25, -0.2) is 4.52 Å². The highest BCUT2D eigenvalue weighted by Gasteiger charge is 2.07. The van der Waals surface area contributed by atoms with Gasteiger partial charge in [-0.2, -0.15) is 5.10 Å². The number of aromatic nitrogens is 4. The van der Waals surface area contributed by atoms with Crippen molar-refractivity contribution < 1.29 is 0 Å². The normalized spacial score (nSPS) is 11.4. The van der Waals surface area contributed by atoms with Crippen LogP contribution >= 0.6 is 27.7 Å². The van der Waals surface area contributed by atoms with E-state index in [4.69, 9.17) is 0 Å². The van der Waals surface area contributed by atoms with Crippen LogP contribution in [0.3, 0.4) is 0 Å². The second-order valence-electron chi connectivity index (χ2n) is 3.28. The fourth-order valence-corrected chi connectivity index (χ4v) is 2.35. The smallest absolute Gasteiger partial charge is 0.192 e. The van der Waals surface area contributed by atoms with Crippen molar-refractivity contribution in [3.05, 3.63) is 28.9 Å². The van der Waals surface area contributed by atoms with Crippen molar-refractivity contribution in [3.63, 3.8) is 0 Å². The molecule has 0 fully saturated rings. The zero-order valence-electron chi connectivity index (χ0n) is 8.38. The summed E-state index contributed by atoms with van der Waals surface area (Å²) in [6.45, 7) is 0. The van der Waals surface area contributed by atoms with Crippen LogP contribution in [0.2, 0.25) is 0 Å². The molecule has 80 valence electrons. The molecule has 0 N–H and O–H groups in total. The predicted octanol–water partition coefficient (Wildman–Crippen LogP) is 2.76. The van der Waals surface area contributed by atoms with Gasteiger partial charge in [-0.1, -0.05) is 0 Å². The number of benzene rings is 1. The molecular weight excluding hydrogens is 288 g/mol. The van der Waals surface area contributed by atoms with Gasteiger partial charge in [0.25, 0.3) is 0 Å². The van der Waals surface area contributed by atoms with E-state index in [1.165, 1.54) is 4.90 Å². The lowest BCUT2D eigenvalue weighted by atomic mass is 10.3. The van der Waals surface area contributed by atoms with Crippen LogP contribution in [0.4, 0.5) is 0 Å².